The Bertz CT molecular complexity index is 410. The molecular formula is C14H21BrN2O2. The predicted octanol–water partition coefficient (Wildman–Crippen LogP) is 3.05. The molecule has 0 bridgehead atoms. The van der Waals surface area contributed by atoms with Crippen LogP contribution in [0, 0.1) is 0 Å². The van der Waals surface area contributed by atoms with Gasteiger partial charge in [0.25, 0.3) is 0 Å². The van der Waals surface area contributed by atoms with Crippen molar-refractivity contribution in [2.45, 2.75) is 32.3 Å². The van der Waals surface area contributed by atoms with E-state index in [0.29, 0.717) is 19.6 Å². The first-order valence-electron chi connectivity index (χ1n) is 6.45. The Hall–Kier alpha value is -0.910. The van der Waals surface area contributed by atoms with Gasteiger partial charge in [0, 0.05) is 29.3 Å². The molecule has 0 aliphatic rings. The summed E-state index contributed by atoms with van der Waals surface area (Å²) in [6.45, 7) is 1.15. The normalized spacial score (nSPS) is 10.5. The minimum Gasteiger partial charge on any atom is -0.380 e. The number of hydrogen-bond acceptors (Lipinski definition) is 3. The minimum absolute atomic E-state index is 0.0347. The highest BCUT2D eigenvalue weighted by Crippen LogP contribution is 2.25. The van der Waals surface area contributed by atoms with Gasteiger partial charge in [0.05, 0.1) is 6.61 Å². The van der Waals surface area contributed by atoms with E-state index in [2.05, 4.69) is 21.2 Å². The Morgan fingerprint density at radius 3 is 2.84 bits per heavy atom. The van der Waals surface area contributed by atoms with Crippen LogP contribution < -0.4 is 11.1 Å². The molecule has 0 fully saturated rings. The summed E-state index contributed by atoms with van der Waals surface area (Å²) >= 11 is 3.47. The monoisotopic (exact) mass is 328 g/mol. The molecule has 0 saturated carbocycles. The maximum absolute atomic E-state index is 11.8. The van der Waals surface area contributed by atoms with E-state index in [1.165, 1.54) is 0 Å². The summed E-state index contributed by atoms with van der Waals surface area (Å²) in [4.78, 5) is 11.8. The molecule has 0 radical (unpaired) electrons. The predicted molar refractivity (Wildman–Crippen MR) is 81.0 cm³/mol. The molecule has 0 spiro atoms. The lowest BCUT2D eigenvalue weighted by Gasteiger charge is -2.12. The number of nitrogens with two attached hydrogens (primary N) is 1. The number of rotatable bonds is 8. The zero-order valence-electron chi connectivity index (χ0n) is 11.2. The topological polar surface area (TPSA) is 64.3 Å². The van der Waals surface area contributed by atoms with E-state index in [0.717, 1.165) is 35.0 Å². The van der Waals surface area contributed by atoms with Crippen molar-refractivity contribution in [2.75, 3.05) is 19.0 Å². The molecular weight excluding hydrogens is 308 g/mol. The number of ether oxygens (including phenoxy) is 1. The molecule has 3 N–H and O–H groups in total. The van der Waals surface area contributed by atoms with E-state index in [1.807, 2.05) is 18.2 Å². The van der Waals surface area contributed by atoms with E-state index in [4.69, 9.17) is 10.5 Å². The van der Waals surface area contributed by atoms with Crippen molar-refractivity contribution in [1.29, 1.82) is 0 Å². The van der Waals surface area contributed by atoms with Gasteiger partial charge in [-0.15, -0.1) is 0 Å². The quantitative estimate of drug-likeness (QED) is 0.721. The standard InChI is InChI=1S/C14H21BrN2O2/c1-19-10-11-12(15)6-5-7-13(11)17-14(18)8-3-2-4-9-16/h5-7H,2-4,8-10,16H2,1H3,(H,17,18). The Labute approximate surface area is 122 Å². The van der Waals surface area contributed by atoms with Crippen molar-refractivity contribution in [1.82, 2.24) is 0 Å². The fraction of sp³-hybridized carbons (Fsp3) is 0.500. The van der Waals surface area contributed by atoms with Gasteiger partial charge in [-0.3, -0.25) is 4.79 Å². The maximum atomic E-state index is 11.8. The van der Waals surface area contributed by atoms with Gasteiger partial charge in [0.15, 0.2) is 0 Å². The molecule has 0 heterocycles. The highest BCUT2D eigenvalue weighted by molar-refractivity contribution is 9.10. The van der Waals surface area contributed by atoms with Crippen LogP contribution in [0.2, 0.25) is 0 Å². The van der Waals surface area contributed by atoms with Crippen molar-refractivity contribution in [2.24, 2.45) is 5.73 Å². The van der Waals surface area contributed by atoms with Gasteiger partial charge >= 0.3 is 0 Å². The summed E-state index contributed by atoms with van der Waals surface area (Å²) in [6, 6.07) is 5.72. The van der Waals surface area contributed by atoms with Crippen LogP contribution >= 0.6 is 15.9 Å². The Morgan fingerprint density at radius 2 is 2.16 bits per heavy atom. The number of amides is 1. The summed E-state index contributed by atoms with van der Waals surface area (Å²) in [5, 5.41) is 2.93. The molecule has 1 aromatic carbocycles. The van der Waals surface area contributed by atoms with Crippen molar-refractivity contribution in [3.05, 3.63) is 28.2 Å². The van der Waals surface area contributed by atoms with Gasteiger partial charge in [-0.05, 0) is 31.5 Å². The Morgan fingerprint density at radius 1 is 1.37 bits per heavy atom. The smallest absolute Gasteiger partial charge is 0.224 e. The highest BCUT2D eigenvalue weighted by Gasteiger charge is 2.09. The lowest BCUT2D eigenvalue weighted by atomic mass is 10.1. The summed E-state index contributed by atoms with van der Waals surface area (Å²) < 4.78 is 6.09. The van der Waals surface area contributed by atoms with Crippen LogP contribution in [0.5, 0.6) is 0 Å². The summed E-state index contributed by atoms with van der Waals surface area (Å²) in [7, 11) is 1.64. The van der Waals surface area contributed by atoms with E-state index in [9.17, 15) is 4.79 Å². The fourth-order valence-electron chi connectivity index (χ4n) is 1.79. The van der Waals surface area contributed by atoms with Crippen LogP contribution in [0.1, 0.15) is 31.2 Å². The Kier molecular flexibility index (Phi) is 7.70. The first kappa shape index (κ1) is 16.1. The van der Waals surface area contributed by atoms with Crippen LogP contribution in [0.25, 0.3) is 0 Å². The van der Waals surface area contributed by atoms with Crippen LogP contribution in [0.15, 0.2) is 22.7 Å². The van der Waals surface area contributed by atoms with Gasteiger partial charge in [-0.2, -0.15) is 0 Å². The average Bonchev–Trinajstić information content (AvgIpc) is 2.39. The molecule has 1 aromatic rings. The van der Waals surface area contributed by atoms with Crippen molar-refractivity contribution >= 4 is 27.5 Å². The number of carbonyl (C=O) groups excluding carboxylic acids is 1. The molecule has 0 aromatic heterocycles. The summed E-state index contributed by atoms with van der Waals surface area (Å²) in [6.07, 6.45) is 3.36. The van der Waals surface area contributed by atoms with E-state index >= 15 is 0 Å². The number of carbonyl (C=O) groups is 1. The Balaban J connectivity index is 2.56. The average molecular weight is 329 g/mol. The van der Waals surface area contributed by atoms with Crippen LogP contribution in [-0.2, 0) is 16.1 Å². The van der Waals surface area contributed by atoms with Crippen molar-refractivity contribution in [3.8, 4) is 0 Å². The molecule has 0 aliphatic carbocycles. The van der Waals surface area contributed by atoms with Gasteiger partial charge in [-0.1, -0.05) is 28.4 Å². The molecule has 19 heavy (non-hydrogen) atoms. The lowest BCUT2D eigenvalue weighted by Crippen LogP contribution is -2.13. The van der Waals surface area contributed by atoms with Crippen LogP contribution in [0.3, 0.4) is 0 Å². The first-order valence-corrected chi connectivity index (χ1v) is 7.24. The van der Waals surface area contributed by atoms with E-state index < -0.39 is 0 Å². The van der Waals surface area contributed by atoms with Gasteiger partial charge in [-0.25, -0.2) is 0 Å². The molecule has 0 aliphatic heterocycles. The molecule has 0 atom stereocenters. The highest BCUT2D eigenvalue weighted by atomic mass is 79.9. The summed E-state index contributed by atoms with van der Waals surface area (Å²) in [5.74, 6) is 0.0347. The number of halogens is 1. The lowest BCUT2D eigenvalue weighted by molar-refractivity contribution is -0.116. The van der Waals surface area contributed by atoms with Crippen LogP contribution in [-0.4, -0.2) is 19.6 Å². The third-order valence-electron chi connectivity index (χ3n) is 2.79. The fourth-order valence-corrected chi connectivity index (χ4v) is 2.27. The SMILES string of the molecule is COCc1c(Br)cccc1NC(=O)CCCCCN. The second-order valence-electron chi connectivity index (χ2n) is 4.35. The number of nitrogens with one attached hydrogen (secondary N) is 1. The molecule has 1 amide bonds. The number of methoxy groups -OCH3 is 1. The van der Waals surface area contributed by atoms with Gasteiger partial charge in [0.1, 0.15) is 0 Å². The zero-order valence-corrected chi connectivity index (χ0v) is 12.8. The minimum atomic E-state index is 0.0347. The molecule has 4 nitrogen and oxygen atoms in total. The van der Waals surface area contributed by atoms with Crippen molar-refractivity contribution < 1.29 is 9.53 Å². The third kappa shape index (κ3) is 5.72. The van der Waals surface area contributed by atoms with Gasteiger partial charge < -0.3 is 15.8 Å². The number of benzene rings is 1. The van der Waals surface area contributed by atoms with E-state index in [1.54, 1.807) is 7.11 Å². The number of hydrogen-bond donors (Lipinski definition) is 2. The number of unbranched alkanes of at least 4 members (excludes halogenated alkanes) is 2. The summed E-state index contributed by atoms with van der Waals surface area (Å²) in [5.41, 5.74) is 7.18. The molecule has 5 heteroatoms. The third-order valence-corrected chi connectivity index (χ3v) is 3.53. The molecule has 1 rings (SSSR count). The first-order chi connectivity index (χ1) is 9.19. The molecule has 106 valence electrons. The largest absolute Gasteiger partial charge is 0.380 e. The second kappa shape index (κ2) is 9.07. The molecule has 0 saturated heterocycles. The van der Waals surface area contributed by atoms with E-state index in [-0.39, 0.29) is 5.91 Å². The molecule has 0 unspecified atom stereocenters. The second-order valence-corrected chi connectivity index (χ2v) is 5.20. The van der Waals surface area contributed by atoms with Crippen molar-refractivity contribution in [3.63, 3.8) is 0 Å². The van der Waals surface area contributed by atoms with Crippen LogP contribution in [0.4, 0.5) is 5.69 Å². The maximum Gasteiger partial charge on any atom is 0.224 e. The van der Waals surface area contributed by atoms with Gasteiger partial charge in [0.2, 0.25) is 5.91 Å². The zero-order chi connectivity index (χ0) is 14.1. The number of anilines is 1.